The van der Waals surface area contributed by atoms with Crippen molar-refractivity contribution in [1.82, 2.24) is 4.98 Å². The highest BCUT2D eigenvalue weighted by Gasteiger charge is 2.19. The number of benzene rings is 2. The Labute approximate surface area is 172 Å². The molecule has 0 aliphatic heterocycles. The van der Waals surface area contributed by atoms with E-state index in [1.807, 2.05) is 30.3 Å². The van der Waals surface area contributed by atoms with Crippen molar-refractivity contribution in [1.29, 1.82) is 0 Å². The molecule has 0 unspecified atom stereocenters. The summed E-state index contributed by atoms with van der Waals surface area (Å²) >= 11 is 2.36. The van der Waals surface area contributed by atoms with E-state index in [2.05, 4.69) is 10.3 Å². The third kappa shape index (κ3) is 3.78. The van der Waals surface area contributed by atoms with Crippen LogP contribution in [0.5, 0.6) is 0 Å². The quantitative estimate of drug-likeness (QED) is 0.263. The highest BCUT2D eigenvalue weighted by molar-refractivity contribution is 7.21. The van der Waals surface area contributed by atoms with Crippen LogP contribution in [0, 0.1) is 10.1 Å². The molecule has 0 fully saturated rings. The van der Waals surface area contributed by atoms with Crippen molar-refractivity contribution >= 4 is 55.3 Å². The van der Waals surface area contributed by atoms with Crippen molar-refractivity contribution < 1.29 is 14.5 Å². The second-order valence-electron chi connectivity index (χ2n) is 6.16. The number of rotatable bonds is 5. The van der Waals surface area contributed by atoms with Crippen LogP contribution in [0.4, 0.5) is 10.8 Å². The number of Topliss-reactive ketones (excluding diaryl/α,β-unsaturated/α-hetero) is 1. The van der Waals surface area contributed by atoms with E-state index in [1.54, 1.807) is 12.1 Å². The normalized spacial score (nSPS) is 10.8. The van der Waals surface area contributed by atoms with Gasteiger partial charge in [-0.3, -0.25) is 25.0 Å². The fraction of sp³-hybridized carbons (Fsp3) is 0.0500. The number of hydrogen-bond acceptors (Lipinski definition) is 7. The predicted molar refractivity (Wildman–Crippen MR) is 114 cm³/mol. The summed E-state index contributed by atoms with van der Waals surface area (Å²) in [5, 5.41) is 14.6. The maximum atomic E-state index is 12.7. The van der Waals surface area contributed by atoms with Crippen LogP contribution in [0.2, 0.25) is 0 Å². The molecule has 9 heteroatoms. The molecule has 2 heterocycles. The fourth-order valence-electron chi connectivity index (χ4n) is 2.82. The molecule has 0 saturated carbocycles. The van der Waals surface area contributed by atoms with E-state index < -0.39 is 4.92 Å². The molecule has 29 heavy (non-hydrogen) atoms. The zero-order valence-electron chi connectivity index (χ0n) is 15.0. The number of carbonyl (C=O) groups is 2. The zero-order chi connectivity index (χ0) is 20.5. The first-order valence-corrected chi connectivity index (χ1v) is 10.1. The molecule has 4 aromatic rings. The van der Waals surface area contributed by atoms with E-state index in [0.717, 1.165) is 21.6 Å². The SMILES string of the molecule is CC(=O)c1sc(NC(=O)c2cc3cc([N+](=O)[O-])ccc3s2)nc1-c1ccccc1. The molecular weight excluding hydrogens is 410 g/mol. The Morgan fingerprint density at radius 3 is 2.52 bits per heavy atom. The van der Waals surface area contributed by atoms with Crippen LogP contribution in [0.1, 0.15) is 26.3 Å². The maximum absolute atomic E-state index is 12.7. The molecule has 0 spiro atoms. The summed E-state index contributed by atoms with van der Waals surface area (Å²) in [5.74, 6) is -0.506. The van der Waals surface area contributed by atoms with E-state index >= 15 is 0 Å². The van der Waals surface area contributed by atoms with Crippen molar-refractivity contribution in [3.8, 4) is 11.3 Å². The molecule has 2 aromatic heterocycles. The number of non-ortho nitro benzene ring substituents is 1. The molecule has 0 bridgehead atoms. The largest absolute Gasteiger partial charge is 0.297 e. The van der Waals surface area contributed by atoms with Gasteiger partial charge in [0.05, 0.1) is 20.4 Å². The maximum Gasteiger partial charge on any atom is 0.270 e. The smallest absolute Gasteiger partial charge is 0.270 e. The van der Waals surface area contributed by atoms with Crippen LogP contribution in [-0.4, -0.2) is 21.6 Å². The lowest BCUT2D eigenvalue weighted by molar-refractivity contribution is -0.384. The highest BCUT2D eigenvalue weighted by atomic mass is 32.1. The van der Waals surface area contributed by atoms with Gasteiger partial charge in [0.25, 0.3) is 11.6 Å². The highest BCUT2D eigenvalue weighted by Crippen LogP contribution is 2.33. The van der Waals surface area contributed by atoms with Gasteiger partial charge in [0.15, 0.2) is 10.9 Å². The molecule has 4 rings (SSSR count). The molecule has 0 atom stereocenters. The second-order valence-corrected chi connectivity index (χ2v) is 8.25. The Kier molecular flexibility index (Phi) is 4.91. The summed E-state index contributed by atoms with van der Waals surface area (Å²) in [4.78, 5) is 40.5. The Hall–Kier alpha value is -3.43. The van der Waals surface area contributed by atoms with E-state index in [0.29, 0.717) is 26.0 Å². The number of carbonyl (C=O) groups excluding carboxylic acids is 2. The number of nitro groups is 1. The summed E-state index contributed by atoms with van der Waals surface area (Å²) in [6.07, 6.45) is 0. The minimum absolute atomic E-state index is 0.0271. The number of anilines is 1. The first-order valence-electron chi connectivity index (χ1n) is 8.49. The van der Waals surface area contributed by atoms with Gasteiger partial charge in [-0.25, -0.2) is 4.98 Å². The average molecular weight is 423 g/mol. The van der Waals surface area contributed by atoms with E-state index in [9.17, 15) is 19.7 Å². The van der Waals surface area contributed by atoms with E-state index in [1.165, 1.54) is 30.4 Å². The monoisotopic (exact) mass is 423 g/mol. The first kappa shape index (κ1) is 18.9. The Balaban J connectivity index is 1.64. The Morgan fingerprint density at radius 1 is 1.07 bits per heavy atom. The van der Waals surface area contributed by atoms with Crippen molar-refractivity contribution in [2.45, 2.75) is 6.92 Å². The molecule has 0 aliphatic carbocycles. The summed E-state index contributed by atoms with van der Waals surface area (Å²) < 4.78 is 0.772. The second kappa shape index (κ2) is 7.53. The lowest BCUT2D eigenvalue weighted by Crippen LogP contribution is -2.09. The van der Waals surface area contributed by atoms with Crippen LogP contribution in [0.15, 0.2) is 54.6 Å². The van der Waals surface area contributed by atoms with Crippen molar-refractivity contribution in [2.24, 2.45) is 0 Å². The molecule has 0 aliphatic rings. The van der Waals surface area contributed by atoms with Crippen molar-refractivity contribution in [3.63, 3.8) is 0 Å². The topological polar surface area (TPSA) is 102 Å². The molecular formula is C20H13N3O4S2. The fourth-order valence-corrected chi connectivity index (χ4v) is 4.64. The van der Waals surface area contributed by atoms with Gasteiger partial charge in [0.1, 0.15) is 0 Å². The number of nitrogens with zero attached hydrogens (tertiary/aromatic N) is 2. The number of amides is 1. The zero-order valence-corrected chi connectivity index (χ0v) is 16.7. The van der Waals surface area contributed by atoms with E-state index in [4.69, 9.17) is 0 Å². The summed E-state index contributed by atoms with van der Waals surface area (Å²) in [6, 6.07) is 15.4. The standard InChI is InChI=1S/C20H13N3O4S2/c1-11(24)18-17(12-5-3-2-4-6-12)21-20(29-18)22-19(25)16-10-13-9-14(23(26)27)7-8-15(13)28-16/h2-10H,1H3,(H,21,22,25). The number of nitro benzene ring substituents is 1. The number of fused-ring (bicyclic) bond motifs is 1. The van der Waals surface area contributed by atoms with Gasteiger partial charge in [-0.05, 0) is 12.1 Å². The van der Waals surface area contributed by atoms with Gasteiger partial charge in [-0.2, -0.15) is 0 Å². The van der Waals surface area contributed by atoms with Crippen LogP contribution < -0.4 is 5.32 Å². The predicted octanol–water partition coefficient (Wildman–Crippen LogP) is 5.39. The van der Waals surface area contributed by atoms with Gasteiger partial charge in [-0.15, -0.1) is 11.3 Å². The van der Waals surface area contributed by atoms with Crippen molar-refractivity contribution in [2.75, 3.05) is 5.32 Å². The Morgan fingerprint density at radius 2 is 1.83 bits per heavy atom. The molecule has 2 aromatic carbocycles. The minimum atomic E-state index is -0.471. The number of thiazole rings is 1. The lowest BCUT2D eigenvalue weighted by atomic mass is 10.1. The Bertz CT molecular complexity index is 1260. The number of ketones is 1. The van der Waals surface area contributed by atoms with Crippen LogP contribution in [0.3, 0.4) is 0 Å². The summed E-state index contributed by atoms with van der Waals surface area (Å²) in [5.41, 5.74) is 1.30. The number of nitrogens with one attached hydrogen (secondary N) is 1. The molecule has 144 valence electrons. The van der Waals surface area contributed by atoms with Crippen molar-refractivity contribution in [3.05, 3.63) is 74.5 Å². The first-order chi connectivity index (χ1) is 13.9. The van der Waals surface area contributed by atoms with Crippen LogP contribution in [-0.2, 0) is 0 Å². The number of thiophene rings is 1. The number of aromatic nitrogens is 1. The molecule has 1 N–H and O–H groups in total. The van der Waals surface area contributed by atoms with Gasteiger partial charge in [0, 0.05) is 34.7 Å². The molecule has 7 nitrogen and oxygen atoms in total. The minimum Gasteiger partial charge on any atom is -0.297 e. The van der Waals surface area contributed by atoms with E-state index in [-0.39, 0.29) is 17.4 Å². The van der Waals surface area contributed by atoms with Gasteiger partial charge in [0.2, 0.25) is 0 Å². The molecule has 0 saturated heterocycles. The lowest BCUT2D eigenvalue weighted by Gasteiger charge is -1.98. The number of hydrogen-bond donors (Lipinski definition) is 1. The van der Waals surface area contributed by atoms with Gasteiger partial charge >= 0.3 is 0 Å². The third-order valence-corrected chi connectivity index (χ3v) is 6.34. The van der Waals surface area contributed by atoms with Crippen LogP contribution >= 0.6 is 22.7 Å². The average Bonchev–Trinajstić information content (AvgIpc) is 3.32. The molecule has 1 amide bonds. The van der Waals surface area contributed by atoms with Gasteiger partial charge < -0.3 is 0 Å². The summed E-state index contributed by atoms with van der Waals surface area (Å²) in [7, 11) is 0. The third-order valence-electron chi connectivity index (χ3n) is 4.15. The summed E-state index contributed by atoms with van der Waals surface area (Å²) in [6.45, 7) is 1.46. The molecule has 0 radical (unpaired) electrons. The van der Waals surface area contributed by atoms with Crippen LogP contribution in [0.25, 0.3) is 21.3 Å². The van der Waals surface area contributed by atoms with Gasteiger partial charge in [-0.1, -0.05) is 41.7 Å².